The van der Waals surface area contributed by atoms with E-state index in [-0.39, 0.29) is 28.5 Å². The Balaban J connectivity index is 0.000000310. The van der Waals surface area contributed by atoms with Crippen LogP contribution in [0.15, 0.2) is 89.2 Å². The summed E-state index contributed by atoms with van der Waals surface area (Å²) in [6.07, 6.45) is 1.62. The highest BCUT2D eigenvalue weighted by molar-refractivity contribution is 7.86. The molecule has 15 heteroatoms. The Kier molecular flexibility index (Phi) is 9.50. The summed E-state index contributed by atoms with van der Waals surface area (Å²) in [5.41, 5.74) is 0.527. The van der Waals surface area contributed by atoms with E-state index in [4.69, 9.17) is 18.2 Å². The van der Waals surface area contributed by atoms with Crippen LogP contribution >= 0.6 is 0 Å². The quantitative estimate of drug-likeness (QED) is 0.227. The van der Waals surface area contributed by atoms with E-state index >= 15 is 0 Å². The maximum atomic E-state index is 14.6. The lowest BCUT2D eigenvalue weighted by Gasteiger charge is -2.28. The van der Waals surface area contributed by atoms with Crippen molar-refractivity contribution in [2.24, 2.45) is 0 Å². The van der Waals surface area contributed by atoms with Gasteiger partial charge in [0.15, 0.2) is 6.29 Å². The molecule has 1 aliphatic rings. The van der Waals surface area contributed by atoms with Crippen LogP contribution in [0.2, 0.25) is 0 Å². The molecule has 224 valence electrons. The molecule has 0 spiro atoms. The molecular weight excluding hydrogens is 596 g/mol. The Labute approximate surface area is 241 Å². The fourth-order valence-electron chi connectivity index (χ4n) is 4.00. The minimum absolute atomic E-state index is 0.00504. The molecule has 42 heavy (non-hydrogen) atoms. The van der Waals surface area contributed by atoms with E-state index < -0.39 is 50.4 Å². The maximum absolute atomic E-state index is 14.6. The van der Waals surface area contributed by atoms with Gasteiger partial charge in [-0.05, 0) is 44.2 Å². The normalized spacial score (nSPS) is 18.8. The van der Waals surface area contributed by atoms with Gasteiger partial charge in [-0.15, -0.1) is 0 Å². The number of aromatic nitrogens is 3. The number of rotatable bonds is 8. The first kappa shape index (κ1) is 31.3. The molecule has 1 N–H and O–H groups in total. The third-order valence-corrected chi connectivity index (χ3v) is 8.32. The summed E-state index contributed by atoms with van der Waals surface area (Å²) in [7, 11) is -8.06. The van der Waals surface area contributed by atoms with E-state index in [1.54, 1.807) is 24.3 Å². The maximum Gasteiger partial charge on any atom is 0.297 e. The van der Waals surface area contributed by atoms with Crippen molar-refractivity contribution in [2.45, 2.75) is 42.1 Å². The van der Waals surface area contributed by atoms with Crippen molar-refractivity contribution < 1.29 is 43.8 Å². The van der Waals surface area contributed by atoms with Crippen LogP contribution in [0.5, 0.6) is 0 Å². The van der Waals surface area contributed by atoms with E-state index in [0.717, 1.165) is 23.3 Å². The highest BCUT2D eigenvalue weighted by atomic mass is 32.2. The molecule has 0 unspecified atom stereocenters. The van der Waals surface area contributed by atoms with Crippen LogP contribution in [0.25, 0.3) is 0 Å². The summed E-state index contributed by atoms with van der Waals surface area (Å²) in [6.45, 7) is 3.11. The minimum atomic E-state index is -4.04. The fourth-order valence-corrected chi connectivity index (χ4v) is 5.38. The van der Waals surface area contributed by atoms with Gasteiger partial charge in [-0.1, -0.05) is 41.5 Å². The van der Waals surface area contributed by atoms with Gasteiger partial charge in [0.2, 0.25) is 0 Å². The molecule has 0 aliphatic carbocycles. The first-order chi connectivity index (χ1) is 19.8. The van der Waals surface area contributed by atoms with Gasteiger partial charge < -0.3 is 9.47 Å². The predicted molar refractivity (Wildman–Crippen MR) is 144 cm³/mol. The first-order valence-corrected chi connectivity index (χ1v) is 15.2. The molecule has 1 aliphatic heterocycles. The summed E-state index contributed by atoms with van der Waals surface area (Å²) in [4.78, 5) is 3.78. The van der Waals surface area contributed by atoms with Gasteiger partial charge in [-0.3, -0.25) is 8.74 Å². The lowest BCUT2D eigenvalue weighted by atomic mass is 9.94. The molecule has 2 heterocycles. The molecule has 1 fully saturated rings. The summed E-state index contributed by atoms with van der Waals surface area (Å²) in [5.74, 6) is -1.56. The largest absolute Gasteiger partial charge is 0.347 e. The SMILES string of the molecule is Cc1ccc(S(=O)(=O)O)cc1.Cc1ccc(S(=O)(=O)OC[C@H]2OC[C@](Cn3cncn3)(c3ccc(F)cc3F)O2)cc1. The average molecular weight is 624 g/mol. The number of aryl methyl sites for hydroxylation is 2. The molecule has 2 atom stereocenters. The summed E-state index contributed by atoms with van der Waals surface area (Å²) >= 11 is 0. The van der Waals surface area contributed by atoms with Gasteiger partial charge in [0.05, 0.1) is 22.9 Å². The van der Waals surface area contributed by atoms with Crippen molar-refractivity contribution in [3.05, 3.63) is 108 Å². The van der Waals surface area contributed by atoms with Gasteiger partial charge in [-0.2, -0.15) is 21.9 Å². The third-order valence-electron chi connectivity index (χ3n) is 6.15. The zero-order valence-electron chi connectivity index (χ0n) is 22.4. The molecule has 4 aromatic rings. The van der Waals surface area contributed by atoms with Gasteiger partial charge in [-0.25, -0.2) is 18.4 Å². The standard InChI is InChI=1S/C20H19F2N3O5S.C7H8O3S/c1-14-2-5-16(6-3-14)31(26,27)29-9-19-28-11-20(30-19,10-25-13-23-12-24-25)17-7-4-15(21)8-18(17)22;1-6-2-4-7(5-3-6)11(8,9)10/h2-8,12-13,19H,9-11H2,1H3;2-5H,1H3,(H,8,9,10)/t19-,20+;/m0./s1. The smallest absolute Gasteiger partial charge is 0.297 e. The number of halogens is 2. The summed E-state index contributed by atoms with van der Waals surface area (Å²) in [6, 6.07) is 15.3. The molecule has 0 saturated carbocycles. The van der Waals surface area contributed by atoms with Crippen LogP contribution < -0.4 is 0 Å². The van der Waals surface area contributed by atoms with E-state index in [0.29, 0.717) is 0 Å². The Morgan fingerprint density at radius 1 is 0.976 bits per heavy atom. The second-order valence-electron chi connectivity index (χ2n) is 9.41. The lowest BCUT2D eigenvalue weighted by Crippen LogP contribution is -2.36. The molecule has 1 saturated heterocycles. The Bertz CT molecular complexity index is 1720. The summed E-state index contributed by atoms with van der Waals surface area (Å²) in [5, 5.41) is 4.00. The van der Waals surface area contributed by atoms with Crippen molar-refractivity contribution in [3.63, 3.8) is 0 Å². The lowest BCUT2D eigenvalue weighted by molar-refractivity contribution is -0.116. The molecule has 1 aromatic heterocycles. The molecule has 5 rings (SSSR count). The highest BCUT2D eigenvalue weighted by Crippen LogP contribution is 2.37. The van der Waals surface area contributed by atoms with E-state index in [1.807, 2.05) is 13.8 Å². The van der Waals surface area contributed by atoms with E-state index in [2.05, 4.69) is 10.1 Å². The Hall–Kier alpha value is -3.60. The fraction of sp³-hybridized carbons (Fsp3) is 0.259. The topological polar surface area (TPSA) is 147 Å². The van der Waals surface area contributed by atoms with E-state index in [1.165, 1.54) is 47.7 Å². The molecule has 11 nitrogen and oxygen atoms in total. The molecule has 0 radical (unpaired) electrons. The van der Waals surface area contributed by atoms with Crippen LogP contribution in [-0.4, -0.2) is 55.7 Å². The average Bonchev–Trinajstić information content (AvgIpc) is 3.59. The zero-order chi connectivity index (χ0) is 30.5. The zero-order valence-corrected chi connectivity index (χ0v) is 24.1. The van der Waals surface area contributed by atoms with Crippen molar-refractivity contribution in [3.8, 4) is 0 Å². The first-order valence-electron chi connectivity index (χ1n) is 12.4. The minimum Gasteiger partial charge on any atom is -0.347 e. The molecule has 0 bridgehead atoms. The number of ether oxygens (including phenoxy) is 2. The number of hydrogen-bond donors (Lipinski definition) is 1. The number of hydrogen-bond acceptors (Lipinski definition) is 9. The number of benzene rings is 3. The Morgan fingerprint density at radius 3 is 2.14 bits per heavy atom. The third kappa shape index (κ3) is 7.81. The van der Waals surface area contributed by atoms with Crippen molar-refractivity contribution >= 4 is 20.2 Å². The second-order valence-corrected chi connectivity index (χ2v) is 12.4. The van der Waals surface area contributed by atoms with Crippen molar-refractivity contribution in [1.82, 2.24) is 14.8 Å². The molecular formula is C27H27F2N3O8S2. The van der Waals surface area contributed by atoms with Gasteiger partial charge in [0, 0.05) is 11.6 Å². The van der Waals surface area contributed by atoms with Crippen LogP contribution in [-0.2, 0) is 46.0 Å². The van der Waals surface area contributed by atoms with Crippen LogP contribution in [0, 0.1) is 25.5 Å². The van der Waals surface area contributed by atoms with E-state index in [9.17, 15) is 25.6 Å². The molecule has 3 aromatic carbocycles. The summed E-state index contributed by atoms with van der Waals surface area (Å²) < 4.78 is 100. The van der Waals surface area contributed by atoms with Crippen LogP contribution in [0.1, 0.15) is 16.7 Å². The highest BCUT2D eigenvalue weighted by Gasteiger charge is 2.46. The van der Waals surface area contributed by atoms with Crippen molar-refractivity contribution in [2.75, 3.05) is 13.2 Å². The Morgan fingerprint density at radius 2 is 1.60 bits per heavy atom. The van der Waals surface area contributed by atoms with Gasteiger partial charge in [0.25, 0.3) is 20.2 Å². The second kappa shape index (κ2) is 12.7. The van der Waals surface area contributed by atoms with Crippen LogP contribution in [0.3, 0.4) is 0 Å². The van der Waals surface area contributed by atoms with Crippen LogP contribution in [0.4, 0.5) is 8.78 Å². The van der Waals surface area contributed by atoms with Crippen molar-refractivity contribution in [1.29, 1.82) is 0 Å². The predicted octanol–water partition coefficient (Wildman–Crippen LogP) is 3.78. The van der Waals surface area contributed by atoms with Gasteiger partial charge >= 0.3 is 0 Å². The number of nitrogens with zero attached hydrogens (tertiary/aromatic N) is 3. The monoisotopic (exact) mass is 623 g/mol. The molecule has 0 amide bonds. The van der Waals surface area contributed by atoms with Gasteiger partial charge in [0.1, 0.15) is 36.5 Å².